The predicted octanol–water partition coefficient (Wildman–Crippen LogP) is 3.45. The van der Waals surface area contributed by atoms with E-state index in [2.05, 4.69) is 4.99 Å². The topological polar surface area (TPSA) is 115 Å². The zero-order chi connectivity index (χ0) is 23.0. The van der Waals surface area contributed by atoms with Crippen LogP contribution in [-0.2, 0) is 17.1 Å². The van der Waals surface area contributed by atoms with Crippen molar-refractivity contribution in [2.24, 2.45) is 12.0 Å². The standard InChI is InChI=1S/C21H22N4O5S2/c1-14-5-3-4-12-24(14)32(29,30)17-9-6-15(7-10-17)20(26)22-21-23(2)18-13-16(25(27)28)8-11-19(18)31-21/h6-11,13-14H,3-5,12H2,1-2H3. The summed E-state index contributed by atoms with van der Waals surface area (Å²) in [6, 6.07) is 10.2. The quantitative estimate of drug-likeness (QED) is 0.424. The second-order valence-corrected chi connectivity index (χ2v) is 10.7. The molecule has 11 heteroatoms. The smallest absolute Gasteiger partial charge is 0.279 e. The van der Waals surface area contributed by atoms with E-state index in [0.717, 1.165) is 24.0 Å². The number of non-ortho nitro benzene ring substituents is 1. The molecule has 0 radical (unpaired) electrons. The highest BCUT2D eigenvalue weighted by atomic mass is 32.2. The van der Waals surface area contributed by atoms with Crippen molar-refractivity contribution in [3.8, 4) is 0 Å². The lowest BCUT2D eigenvalue weighted by molar-refractivity contribution is -0.384. The van der Waals surface area contributed by atoms with E-state index in [1.165, 1.54) is 52.0 Å². The highest BCUT2D eigenvalue weighted by Gasteiger charge is 2.30. The molecule has 1 saturated heterocycles. The van der Waals surface area contributed by atoms with Gasteiger partial charge in [-0.25, -0.2) is 8.42 Å². The van der Waals surface area contributed by atoms with Gasteiger partial charge in [-0.3, -0.25) is 14.9 Å². The maximum absolute atomic E-state index is 13.0. The van der Waals surface area contributed by atoms with E-state index in [9.17, 15) is 23.3 Å². The van der Waals surface area contributed by atoms with Crippen molar-refractivity contribution in [3.63, 3.8) is 0 Å². The van der Waals surface area contributed by atoms with Crippen molar-refractivity contribution in [2.75, 3.05) is 6.54 Å². The molecule has 32 heavy (non-hydrogen) atoms. The summed E-state index contributed by atoms with van der Waals surface area (Å²) in [4.78, 5) is 27.9. The third-order valence-corrected chi connectivity index (χ3v) is 8.79. The number of aryl methyl sites for hydroxylation is 1. The molecule has 0 N–H and O–H groups in total. The van der Waals surface area contributed by atoms with Gasteiger partial charge in [0.05, 0.1) is 20.0 Å². The van der Waals surface area contributed by atoms with Crippen LogP contribution >= 0.6 is 11.3 Å². The molecule has 1 amide bonds. The zero-order valence-corrected chi connectivity index (χ0v) is 19.2. The molecule has 0 saturated carbocycles. The summed E-state index contributed by atoms with van der Waals surface area (Å²) in [6.45, 7) is 2.41. The number of carbonyl (C=O) groups is 1. The van der Waals surface area contributed by atoms with Crippen LogP contribution in [0.4, 0.5) is 5.69 Å². The Labute approximate surface area is 188 Å². The summed E-state index contributed by atoms with van der Waals surface area (Å²) in [7, 11) is -1.93. The average molecular weight is 475 g/mol. The molecule has 1 aliphatic heterocycles. The van der Waals surface area contributed by atoms with Crippen LogP contribution in [0.5, 0.6) is 0 Å². The molecule has 3 aromatic rings. The molecule has 0 aliphatic carbocycles. The van der Waals surface area contributed by atoms with Gasteiger partial charge < -0.3 is 4.57 Å². The summed E-state index contributed by atoms with van der Waals surface area (Å²) in [5.74, 6) is -0.517. The fraction of sp³-hybridized carbons (Fsp3) is 0.333. The summed E-state index contributed by atoms with van der Waals surface area (Å²) in [5.41, 5.74) is 0.829. The highest BCUT2D eigenvalue weighted by molar-refractivity contribution is 7.89. The molecule has 0 spiro atoms. The van der Waals surface area contributed by atoms with Gasteiger partial charge in [-0.1, -0.05) is 17.8 Å². The lowest BCUT2D eigenvalue weighted by Gasteiger charge is -2.32. The molecule has 0 bridgehead atoms. The molecule has 1 aromatic heterocycles. The van der Waals surface area contributed by atoms with Crippen LogP contribution in [0.15, 0.2) is 52.4 Å². The molecular formula is C21H22N4O5S2. The number of thiazole rings is 1. The minimum absolute atomic E-state index is 0.0383. The Morgan fingerprint density at radius 2 is 1.91 bits per heavy atom. The maximum atomic E-state index is 13.0. The van der Waals surface area contributed by atoms with E-state index in [1.54, 1.807) is 17.7 Å². The third-order valence-electron chi connectivity index (χ3n) is 5.65. The Morgan fingerprint density at radius 1 is 1.19 bits per heavy atom. The molecule has 4 rings (SSSR count). The van der Waals surface area contributed by atoms with Crippen LogP contribution in [0.1, 0.15) is 36.5 Å². The van der Waals surface area contributed by atoms with Gasteiger partial charge in [0, 0.05) is 37.3 Å². The van der Waals surface area contributed by atoms with E-state index in [-0.39, 0.29) is 22.2 Å². The molecule has 1 aliphatic rings. The first-order valence-electron chi connectivity index (χ1n) is 10.1. The van der Waals surface area contributed by atoms with Gasteiger partial charge in [-0.05, 0) is 50.1 Å². The first-order chi connectivity index (χ1) is 15.2. The second kappa shape index (κ2) is 8.57. The number of piperidine rings is 1. The number of nitro benzene ring substituents is 1. The Hall–Kier alpha value is -2.89. The summed E-state index contributed by atoms with van der Waals surface area (Å²) >= 11 is 1.24. The molecule has 168 valence electrons. The minimum atomic E-state index is -3.61. The van der Waals surface area contributed by atoms with Crippen molar-refractivity contribution < 1.29 is 18.1 Å². The normalized spacial score (nSPS) is 18.2. The Balaban J connectivity index is 1.62. The van der Waals surface area contributed by atoms with E-state index >= 15 is 0 Å². The Kier molecular flexibility index (Phi) is 5.97. The van der Waals surface area contributed by atoms with Gasteiger partial charge in [-0.15, -0.1) is 0 Å². The van der Waals surface area contributed by atoms with Crippen molar-refractivity contribution in [2.45, 2.75) is 37.1 Å². The fourth-order valence-corrected chi connectivity index (χ4v) is 6.52. The van der Waals surface area contributed by atoms with Crippen LogP contribution in [0, 0.1) is 10.1 Å². The average Bonchev–Trinajstić information content (AvgIpc) is 3.08. The number of benzene rings is 2. The van der Waals surface area contributed by atoms with Gasteiger partial charge in [0.2, 0.25) is 10.0 Å². The summed E-state index contributed by atoms with van der Waals surface area (Å²) in [5, 5.41) is 11.0. The summed E-state index contributed by atoms with van der Waals surface area (Å²) in [6.07, 6.45) is 2.70. The monoisotopic (exact) mass is 474 g/mol. The number of carbonyl (C=O) groups excluding carboxylic acids is 1. The van der Waals surface area contributed by atoms with Crippen LogP contribution in [0.25, 0.3) is 10.2 Å². The minimum Gasteiger partial charge on any atom is -0.319 e. The summed E-state index contributed by atoms with van der Waals surface area (Å²) < 4.78 is 29.8. The largest absolute Gasteiger partial charge is 0.319 e. The van der Waals surface area contributed by atoms with Gasteiger partial charge >= 0.3 is 0 Å². The van der Waals surface area contributed by atoms with Crippen LogP contribution in [0.3, 0.4) is 0 Å². The second-order valence-electron chi connectivity index (χ2n) is 7.75. The van der Waals surface area contributed by atoms with E-state index in [0.29, 0.717) is 16.9 Å². The number of nitro groups is 1. The van der Waals surface area contributed by atoms with Crippen LogP contribution < -0.4 is 4.80 Å². The maximum Gasteiger partial charge on any atom is 0.279 e. The number of aromatic nitrogens is 1. The highest BCUT2D eigenvalue weighted by Crippen LogP contribution is 2.26. The van der Waals surface area contributed by atoms with Crippen LogP contribution in [0.2, 0.25) is 0 Å². The molecule has 1 unspecified atom stereocenters. The number of nitrogens with zero attached hydrogens (tertiary/aromatic N) is 4. The van der Waals surface area contributed by atoms with E-state index in [4.69, 9.17) is 0 Å². The number of hydrogen-bond acceptors (Lipinski definition) is 6. The van der Waals surface area contributed by atoms with E-state index in [1.807, 2.05) is 6.92 Å². The molecule has 2 heterocycles. The number of hydrogen-bond donors (Lipinski definition) is 0. The van der Waals surface area contributed by atoms with Gasteiger partial charge in [0.15, 0.2) is 4.80 Å². The number of fused-ring (bicyclic) bond motifs is 1. The fourth-order valence-electron chi connectivity index (χ4n) is 3.82. The first kappa shape index (κ1) is 22.3. The third kappa shape index (κ3) is 4.10. The van der Waals surface area contributed by atoms with E-state index < -0.39 is 20.9 Å². The molecule has 1 fully saturated rings. The molecule has 1 atom stereocenters. The Morgan fingerprint density at radius 3 is 2.56 bits per heavy atom. The zero-order valence-electron chi connectivity index (χ0n) is 17.6. The molecule has 9 nitrogen and oxygen atoms in total. The SMILES string of the molecule is CC1CCCCN1S(=O)(=O)c1ccc(C(=O)N=c2sc3ccc([N+](=O)[O-])cc3n2C)cc1. The van der Waals surface area contributed by atoms with Crippen LogP contribution in [-0.4, -0.2) is 40.7 Å². The van der Waals surface area contributed by atoms with Gasteiger partial charge in [0.25, 0.3) is 11.6 Å². The van der Waals surface area contributed by atoms with Crippen molar-refractivity contribution in [1.82, 2.24) is 8.87 Å². The number of rotatable bonds is 4. The van der Waals surface area contributed by atoms with Crippen molar-refractivity contribution in [3.05, 3.63) is 62.9 Å². The van der Waals surface area contributed by atoms with Crippen molar-refractivity contribution >= 4 is 43.2 Å². The lowest BCUT2D eigenvalue weighted by atomic mass is 10.1. The Bertz CT molecular complexity index is 1370. The number of sulfonamides is 1. The van der Waals surface area contributed by atoms with Gasteiger partial charge in [-0.2, -0.15) is 9.30 Å². The first-order valence-corrected chi connectivity index (χ1v) is 12.4. The predicted molar refractivity (Wildman–Crippen MR) is 121 cm³/mol. The number of amides is 1. The lowest BCUT2D eigenvalue weighted by Crippen LogP contribution is -2.41. The van der Waals surface area contributed by atoms with Gasteiger partial charge in [0.1, 0.15) is 0 Å². The molecular weight excluding hydrogens is 452 g/mol. The molecule has 2 aromatic carbocycles. The van der Waals surface area contributed by atoms with Crippen molar-refractivity contribution in [1.29, 1.82) is 0 Å².